The summed E-state index contributed by atoms with van der Waals surface area (Å²) >= 11 is 0. The van der Waals surface area contributed by atoms with Gasteiger partial charge < -0.3 is 9.88 Å². The average molecular weight is 337 g/mol. The van der Waals surface area contributed by atoms with Gasteiger partial charge in [0.05, 0.1) is 6.42 Å². The van der Waals surface area contributed by atoms with Crippen LogP contribution in [-0.4, -0.2) is 15.5 Å². The second-order valence-electron chi connectivity index (χ2n) is 6.11. The molecule has 0 saturated heterocycles. The van der Waals surface area contributed by atoms with Gasteiger partial charge in [0.15, 0.2) is 0 Å². The lowest BCUT2D eigenvalue weighted by molar-refractivity contribution is -0.121. The van der Waals surface area contributed by atoms with Gasteiger partial charge in [-0.25, -0.2) is 9.37 Å². The molecule has 1 aromatic heterocycles. The van der Waals surface area contributed by atoms with E-state index in [2.05, 4.69) is 10.3 Å². The number of carbonyl (C=O) groups excluding carboxylic acids is 1. The standard InChI is InChI=1S/C20H20FN3O/c1-14-3-5-15(6-4-14)13-18(25)23-19(20-22-11-12-24(20)2)16-7-9-17(21)10-8-16/h3-12,19H,13H2,1-2H3,(H,23,25)/t19-/m1/s1. The van der Waals surface area contributed by atoms with Crippen molar-refractivity contribution in [2.24, 2.45) is 7.05 Å². The Hall–Kier alpha value is -2.95. The number of halogens is 1. The second kappa shape index (κ2) is 7.30. The summed E-state index contributed by atoms with van der Waals surface area (Å²) < 4.78 is 15.1. The lowest BCUT2D eigenvalue weighted by Crippen LogP contribution is -2.32. The van der Waals surface area contributed by atoms with Crippen molar-refractivity contribution in [3.63, 3.8) is 0 Å². The molecule has 1 atom stereocenters. The van der Waals surface area contributed by atoms with Crippen molar-refractivity contribution in [1.29, 1.82) is 0 Å². The summed E-state index contributed by atoms with van der Waals surface area (Å²) in [4.78, 5) is 16.9. The van der Waals surface area contributed by atoms with Gasteiger partial charge >= 0.3 is 0 Å². The van der Waals surface area contributed by atoms with Gasteiger partial charge in [0.2, 0.25) is 5.91 Å². The van der Waals surface area contributed by atoms with Gasteiger partial charge in [0.1, 0.15) is 17.7 Å². The molecule has 128 valence electrons. The molecule has 1 N–H and O–H groups in total. The predicted octanol–water partition coefficient (Wildman–Crippen LogP) is 3.32. The smallest absolute Gasteiger partial charge is 0.225 e. The highest BCUT2D eigenvalue weighted by molar-refractivity contribution is 5.79. The third kappa shape index (κ3) is 4.12. The van der Waals surface area contributed by atoms with Crippen LogP contribution >= 0.6 is 0 Å². The fourth-order valence-corrected chi connectivity index (χ4v) is 2.71. The first-order valence-electron chi connectivity index (χ1n) is 8.10. The maximum Gasteiger partial charge on any atom is 0.225 e. The third-order valence-electron chi connectivity index (χ3n) is 4.11. The van der Waals surface area contributed by atoms with E-state index in [-0.39, 0.29) is 18.1 Å². The monoisotopic (exact) mass is 337 g/mol. The Morgan fingerprint density at radius 2 is 1.84 bits per heavy atom. The lowest BCUT2D eigenvalue weighted by Gasteiger charge is -2.19. The molecule has 25 heavy (non-hydrogen) atoms. The molecule has 0 aliphatic carbocycles. The number of nitrogens with zero attached hydrogens (tertiary/aromatic N) is 2. The number of benzene rings is 2. The number of hydrogen-bond donors (Lipinski definition) is 1. The minimum atomic E-state index is -0.432. The van der Waals surface area contributed by atoms with Crippen LogP contribution in [0.3, 0.4) is 0 Å². The van der Waals surface area contributed by atoms with Crippen molar-refractivity contribution >= 4 is 5.91 Å². The minimum Gasteiger partial charge on any atom is -0.342 e. The summed E-state index contributed by atoms with van der Waals surface area (Å²) in [5.74, 6) is 0.276. The van der Waals surface area contributed by atoms with Crippen LogP contribution in [0.2, 0.25) is 0 Å². The van der Waals surface area contributed by atoms with E-state index in [0.29, 0.717) is 5.82 Å². The number of aryl methyl sites for hydroxylation is 2. The molecule has 0 fully saturated rings. The van der Waals surface area contributed by atoms with Crippen LogP contribution in [0.1, 0.15) is 28.6 Å². The summed E-state index contributed by atoms with van der Waals surface area (Å²) in [5, 5.41) is 3.01. The summed E-state index contributed by atoms with van der Waals surface area (Å²) in [7, 11) is 1.87. The fraction of sp³-hybridized carbons (Fsp3) is 0.200. The first-order valence-corrected chi connectivity index (χ1v) is 8.10. The molecule has 2 aromatic carbocycles. The first-order chi connectivity index (χ1) is 12.0. The molecular formula is C20H20FN3O. The Morgan fingerprint density at radius 3 is 2.44 bits per heavy atom. The van der Waals surface area contributed by atoms with Gasteiger partial charge in [-0.15, -0.1) is 0 Å². The molecule has 0 unspecified atom stereocenters. The van der Waals surface area contributed by atoms with Crippen LogP contribution in [0.5, 0.6) is 0 Å². The molecular weight excluding hydrogens is 317 g/mol. The summed E-state index contributed by atoms with van der Waals surface area (Å²) in [5.41, 5.74) is 2.88. The Bertz CT molecular complexity index is 853. The van der Waals surface area contributed by atoms with Crippen molar-refractivity contribution in [3.05, 3.63) is 89.3 Å². The van der Waals surface area contributed by atoms with Crippen LogP contribution in [0.15, 0.2) is 60.9 Å². The van der Waals surface area contributed by atoms with Gasteiger partial charge in [-0.2, -0.15) is 0 Å². The average Bonchev–Trinajstić information content (AvgIpc) is 3.01. The lowest BCUT2D eigenvalue weighted by atomic mass is 10.0. The number of nitrogens with one attached hydrogen (secondary N) is 1. The number of aromatic nitrogens is 2. The zero-order valence-corrected chi connectivity index (χ0v) is 14.2. The molecule has 0 saturated carbocycles. The Kier molecular flexibility index (Phi) is 4.93. The molecule has 0 aliphatic rings. The highest BCUT2D eigenvalue weighted by atomic mass is 19.1. The molecule has 3 rings (SSSR count). The van der Waals surface area contributed by atoms with E-state index in [1.54, 1.807) is 18.3 Å². The van der Waals surface area contributed by atoms with Crippen LogP contribution in [-0.2, 0) is 18.3 Å². The number of carbonyl (C=O) groups is 1. The van der Waals surface area contributed by atoms with Crippen molar-refractivity contribution in [1.82, 2.24) is 14.9 Å². The summed E-state index contributed by atoms with van der Waals surface area (Å²) in [6.45, 7) is 2.01. The zero-order chi connectivity index (χ0) is 17.8. The fourth-order valence-electron chi connectivity index (χ4n) is 2.71. The van der Waals surface area contributed by atoms with E-state index >= 15 is 0 Å². The van der Waals surface area contributed by atoms with E-state index in [1.807, 2.05) is 49.0 Å². The molecule has 1 amide bonds. The Labute approximate surface area is 146 Å². The third-order valence-corrected chi connectivity index (χ3v) is 4.11. The SMILES string of the molecule is Cc1ccc(CC(=O)N[C@H](c2ccc(F)cc2)c2nccn2C)cc1. The predicted molar refractivity (Wildman–Crippen MR) is 94.5 cm³/mol. The number of imidazole rings is 1. The van der Waals surface area contributed by atoms with Crippen LogP contribution < -0.4 is 5.32 Å². The van der Waals surface area contributed by atoms with E-state index in [4.69, 9.17) is 0 Å². The van der Waals surface area contributed by atoms with Crippen molar-refractivity contribution < 1.29 is 9.18 Å². The maximum absolute atomic E-state index is 13.2. The normalized spacial score (nSPS) is 12.0. The molecule has 1 heterocycles. The maximum atomic E-state index is 13.2. The highest BCUT2D eigenvalue weighted by Crippen LogP contribution is 2.21. The Balaban J connectivity index is 1.82. The largest absolute Gasteiger partial charge is 0.342 e. The van der Waals surface area contributed by atoms with Crippen LogP contribution in [0.25, 0.3) is 0 Å². The molecule has 3 aromatic rings. The van der Waals surface area contributed by atoms with E-state index in [1.165, 1.54) is 12.1 Å². The molecule has 4 nitrogen and oxygen atoms in total. The molecule has 0 bridgehead atoms. The summed E-state index contributed by atoms with van der Waals surface area (Å²) in [6.07, 6.45) is 3.78. The van der Waals surface area contributed by atoms with Crippen LogP contribution in [0.4, 0.5) is 4.39 Å². The van der Waals surface area contributed by atoms with Gasteiger partial charge in [0, 0.05) is 19.4 Å². The Morgan fingerprint density at radius 1 is 1.16 bits per heavy atom. The number of hydrogen-bond acceptors (Lipinski definition) is 2. The van der Waals surface area contributed by atoms with E-state index in [9.17, 15) is 9.18 Å². The summed E-state index contributed by atoms with van der Waals surface area (Å²) in [6, 6.07) is 13.5. The minimum absolute atomic E-state index is 0.110. The number of rotatable bonds is 5. The molecule has 0 radical (unpaired) electrons. The van der Waals surface area contributed by atoms with E-state index in [0.717, 1.165) is 16.7 Å². The number of amides is 1. The quantitative estimate of drug-likeness (QED) is 0.776. The molecule has 0 aliphatic heterocycles. The van der Waals surface area contributed by atoms with E-state index < -0.39 is 6.04 Å². The first kappa shape index (κ1) is 16.9. The topological polar surface area (TPSA) is 46.9 Å². The molecule has 5 heteroatoms. The molecule has 0 spiro atoms. The van der Waals surface area contributed by atoms with Gasteiger partial charge in [-0.3, -0.25) is 4.79 Å². The van der Waals surface area contributed by atoms with Gasteiger partial charge in [-0.05, 0) is 30.2 Å². The van der Waals surface area contributed by atoms with Crippen molar-refractivity contribution in [2.45, 2.75) is 19.4 Å². The van der Waals surface area contributed by atoms with Gasteiger partial charge in [-0.1, -0.05) is 42.0 Å². The van der Waals surface area contributed by atoms with Crippen molar-refractivity contribution in [3.8, 4) is 0 Å². The zero-order valence-electron chi connectivity index (χ0n) is 14.2. The van der Waals surface area contributed by atoms with Gasteiger partial charge in [0.25, 0.3) is 0 Å². The van der Waals surface area contributed by atoms with Crippen molar-refractivity contribution in [2.75, 3.05) is 0 Å². The second-order valence-corrected chi connectivity index (χ2v) is 6.11. The highest BCUT2D eigenvalue weighted by Gasteiger charge is 2.20. The van der Waals surface area contributed by atoms with Crippen LogP contribution in [0, 0.1) is 12.7 Å².